The van der Waals surface area contributed by atoms with Crippen LogP contribution in [0.5, 0.6) is 0 Å². The summed E-state index contributed by atoms with van der Waals surface area (Å²) in [5, 5.41) is 11.6. The van der Waals surface area contributed by atoms with Crippen molar-refractivity contribution in [3.63, 3.8) is 0 Å². The molecule has 6 nitrogen and oxygen atoms in total. The number of aliphatic carboxylic acids is 1. The summed E-state index contributed by atoms with van der Waals surface area (Å²) in [6.45, 7) is 2.09. The van der Waals surface area contributed by atoms with Gasteiger partial charge in [0.15, 0.2) is 6.10 Å². The number of thiazole rings is 1. The van der Waals surface area contributed by atoms with Gasteiger partial charge in [-0.1, -0.05) is 0 Å². The number of carboxylic acid groups (broad SMARTS) is 1. The van der Waals surface area contributed by atoms with Gasteiger partial charge in [0.1, 0.15) is 4.88 Å². The van der Waals surface area contributed by atoms with Gasteiger partial charge in [-0.25, -0.2) is 9.78 Å². The summed E-state index contributed by atoms with van der Waals surface area (Å²) < 4.78 is 5.05. The fourth-order valence-electron chi connectivity index (χ4n) is 1.73. The molecular formula is C10H12N2O4S. The Morgan fingerprint density at radius 1 is 1.65 bits per heavy atom. The third-order valence-corrected chi connectivity index (χ3v) is 3.53. The Bertz CT molecular complexity index is 445. The second kappa shape index (κ2) is 4.80. The van der Waals surface area contributed by atoms with Crippen molar-refractivity contribution < 1.29 is 19.4 Å². The van der Waals surface area contributed by atoms with Gasteiger partial charge in [-0.05, 0) is 13.3 Å². The monoisotopic (exact) mass is 256 g/mol. The van der Waals surface area contributed by atoms with Crippen LogP contribution in [-0.2, 0) is 9.53 Å². The topological polar surface area (TPSA) is 88.5 Å². The number of amides is 1. The highest BCUT2D eigenvalue weighted by Crippen LogP contribution is 2.17. The van der Waals surface area contributed by atoms with Crippen molar-refractivity contribution in [1.29, 1.82) is 0 Å². The Balaban J connectivity index is 2.04. The summed E-state index contributed by atoms with van der Waals surface area (Å²) in [6, 6.07) is -0.471. The van der Waals surface area contributed by atoms with Gasteiger partial charge in [0.25, 0.3) is 5.91 Å². The number of carboxylic acids is 1. The van der Waals surface area contributed by atoms with Crippen molar-refractivity contribution in [3.05, 3.63) is 16.1 Å². The van der Waals surface area contributed by atoms with Crippen LogP contribution in [-0.4, -0.2) is 40.7 Å². The highest BCUT2D eigenvalue weighted by atomic mass is 32.1. The maximum atomic E-state index is 11.9. The second-order valence-electron chi connectivity index (χ2n) is 3.77. The van der Waals surface area contributed by atoms with Crippen LogP contribution < -0.4 is 5.32 Å². The summed E-state index contributed by atoms with van der Waals surface area (Å²) in [5.74, 6) is -1.33. The molecule has 2 N–H and O–H groups in total. The van der Waals surface area contributed by atoms with Crippen molar-refractivity contribution in [3.8, 4) is 0 Å². The molecule has 17 heavy (non-hydrogen) atoms. The molecule has 1 saturated heterocycles. The van der Waals surface area contributed by atoms with Gasteiger partial charge in [-0.2, -0.15) is 0 Å². The average Bonchev–Trinajstić information content (AvgIpc) is 2.86. The first-order chi connectivity index (χ1) is 8.09. The van der Waals surface area contributed by atoms with E-state index in [1.165, 1.54) is 11.3 Å². The third kappa shape index (κ3) is 2.45. The van der Waals surface area contributed by atoms with Crippen LogP contribution in [0.2, 0.25) is 0 Å². The number of nitrogens with zero attached hydrogens (tertiary/aromatic N) is 1. The maximum absolute atomic E-state index is 11.9. The highest BCUT2D eigenvalue weighted by molar-refractivity contribution is 7.11. The first-order valence-electron chi connectivity index (χ1n) is 5.15. The lowest BCUT2D eigenvalue weighted by molar-refractivity contribution is -0.148. The van der Waals surface area contributed by atoms with Gasteiger partial charge in [0, 0.05) is 6.61 Å². The van der Waals surface area contributed by atoms with Gasteiger partial charge in [-0.3, -0.25) is 4.79 Å². The molecule has 1 aromatic rings. The molecule has 2 rings (SSSR count). The van der Waals surface area contributed by atoms with Crippen LogP contribution in [0.15, 0.2) is 5.51 Å². The van der Waals surface area contributed by atoms with Crippen molar-refractivity contribution in [2.45, 2.75) is 25.5 Å². The Labute approximate surface area is 102 Å². The Morgan fingerprint density at radius 3 is 3.00 bits per heavy atom. The van der Waals surface area contributed by atoms with E-state index < -0.39 is 18.1 Å². The first kappa shape index (κ1) is 12.0. The Kier molecular flexibility index (Phi) is 3.39. The largest absolute Gasteiger partial charge is 0.479 e. The van der Waals surface area contributed by atoms with Crippen LogP contribution in [0.4, 0.5) is 0 Å². The van der Waals surface area contributed by atoms with Gasteiger partial charge in [0.05, 0.1) is 17.2 Å². The van der Waals surface area contributed by atoms with Crippen LogP contribution in [0.3, 0.4) is 0 Å². The number of nitrogens with one attached hydrogen (secondary N) is 1. The number of aryl methyl sites for hydroxylation is 1. The molecule has 92 valence electrons. The summed E-state index contributed by atoms with van der Waals surface area (Å²) in [6.07, 6.45) is -0.437. The molecule has 1 fully saturated rings. The second-order valence-corrected chi connectivity index (χ2v) is 4.62. The van der Waals surface area contributed by atoms with Gasteiger partial charge in [0.2, 0.25) is 0 Å². The number of carbonyl (C=O) groups is 2. The van der Waals surface area contributed by atoms with Crippen molar-refractivity contribution in [1.82, 2.24) is 10.3 Å². The molecule has 0 aliphatic carbocycles. The maximum Gasteiger partial charge on any atom is 0.334 e. The predicted molar refractivity (Wildman–Crippen MR) is 60.1 cm³/mol. The molecule has 2 atom stereocenters. The number of rotatable bonds is 3. The summed E-state index contributed by atoms with van der Waals surface area (Å²) in [4.78, 5) is 27.2. The van der Waals surface area contributed by atoms with Crippen LogP contribution in [0.25, 0.3) is 0 Å². The minimum Gasteiger partial charge on any atom is -0.479 e. The molecule has 1 aliphatic heterocycles. The summed E-state index contributed by atoms with van der Waals surface area (Å²) in [7, 11) is 0. The Morgan fingerprint density at radius 2 is 2.41 bits per heavy atom. The van der Waals surface area contributed by atoms with Gasteiger partial charge in [-0.15, -0.1) is 11.3 Å². The minimum atomic E-state index is -1.05. The zero-order valence-corrected chi connectivity index (χ0v) is 9.99. The molecule has 7 heteroatoms. The number of ether oxygens (including phenoxy) is 1. The molecular weight excluding hydrogens is 244 g/mol. The van der Waals surface area contributed by atoms with E-state index in [-0.39, 0.29) is 5.91 Å². The Hall–Kier alpha value is -1.47. The van der Waals surface area contributed by atoms with E-state index >= 15 is 0 Å². The van der Waals surface area contributed by atoms with Crippen LogP contribution >= 0.6 is 11.3 Å². The fraction of sp³-hybridized carbons (Fsp3) is 0.500. The number of aromatic nitrogens is 1. The fourth-order valence-corrected chi connectivity index (χ4v) is 2.44. The number of hydrogen-bond acceptors (Lipinski definition) is 5. The van der Waals surface area contributed by atoms with E-state index in [0.29, 0.717) is 23.6 Å². The van der Waals surface area contributed by atoms with E-state index in [4.69, 9.17) is 9.84 Å². The van der Waals surface area contributed by atoms with E-state index in [0.717, 1.165) is 0 Å². The highest BCUT2D eigenvalue weighted by Gasteiger charge is 2.35. The molecule has 0 unspecified atom stereocenters. The van der Waals surface area contributed by atoms with Crippen molar-refractivity contribution in [2.75, 3.05) is 6.61 Å². The van der Waals surface area contributed by atoms with Crippen molar-refractivity contribution >= 4 is 23.2 Å². The minimum absolute atomic E-state index is 0.285. The molecule has 1 amide bonds. The van der Waals surface area contributed by atoms with Gasteiger partial charge >= 0.3 is 5.97 Å². The molecule has 1 aromatic heterocycles. The normalized spacial score (nSPS) is 23.6. The SMILES string of the molecule is Cc1ncsc1C(=O)N[C@@H]1CCO[C@@H]1C(=O)O. The zero-order valence-electron chi connectivity index (χ0n) is 9.17. The number of carbonyl (C=O) groups excluding carboxylic acids is 1. The summed E-state index contributed by atoms with van der Waals surface area (Å²) >= 11 is 1.24. The van der Waals surface area contributed by atoms with E-state index in [2.05, 4.69) is 10.3 Å². The predicted octanol–water partition coefficient (Wildman–Crippen LogP) is 0.423. The molecule has 2 heterocycles. The lowest BCUT2D eigenvalue weighted by atomic mass is 10.1. The van der Waals surface area contributed by atoms with Crippen LogP contribution in [0.1, 0.15) is 21.8 Å². The van der Waals surface area contributed by atoms with E-state index in [9.17, 15) is 9.59 Å². The first-order valence-corrected chi connectivity index (χ1v) is 6.03. The number of hydrogen-bond donors (Lipinski definition) is 2. The molecule has 0 radical (unpaired) electrons. The van der Waals surface area contributed by atoms with Gasteiger partial charge < -0.3 is 15.2 Å². The van der Waals surface area contributed by atoms with E-state index in [1.54, 1.807) is 12.4 Å². The lowest BCUT2D eigenvalue weighted by Crippen LogP contribution is -2.44. The molecule has 1 aliphatic rings. The molecule has 0 aromatic carbocycles. The standard InChI is InChI=1S/C10H12N2O4S/c1-5-8(17-4-11-5)9(13)12-6-2-3-16-7(6)10(14)15/h4,6-7H,2-3H2,1H3,(H,12,13)(H,14,15)/t6-,7+/m1/s1. The lowest BCUT2D eigenvalue weighted by Gasteiger charge is -2.15. The quantitative estimate of drug-likeness (QED) is 0.818. The average molecular weight is 256 g/mol. The zero-order chi connectivity index (χ0) is 12.4. The van der Waals surface area contributed by atoms with Crippen molar-refractivity contribution in [2.24, 2.45) is 0 Å². The summed E-state index contributed by atoms with van der Waals surface area (Å²) in [5.41, 5.74) is 2.24. The van der Waals surface area contributed by atoms with E-state index in [1.807, 2.05) is 0 Å². The van der Waals surface area contributed by atoms with Crippen LogP contribution in [0, 0.1) is 6.92 Å². The molecule has 0 saturated carbocycles. The smallest absolute Gasteiger partial charge is 0.334 e. The molecule has 0 spiro atoms. The third-order valence-electron chi connectivity index (χ3n) is 2.60. The molecule has 0 bridgehead atoms.